The van der Waals surface area contributed by atoms with Gasteiger partial charge in [0.15, 0.2) is 0 Å². The Morgan fingerprint density at radius 1 is 1.38 bits per heavy atom. The second kappa shape index (κ2) is 4.72. The number of carbonyl (C=O) groups is 2. The molecule has 5 nitrogen and oxygen atoms in total. The van der Waals surface area contributed by atoms with Gasteiger partial charge >= 0.3 is 12.0 Å². The summed E-state index contributed by atoms with van der Waals surface area (Å²) in [6, 6.07) is -0.0193. The Morgan fingerprint density at radius 2 is 1.94 bits per heavy atom. The lowest BCUT2D eigenvalue weighted by molar-refractivity contribution is -0.146. The molecule has 0 radical (unpaired) electrons. The molecular formula is C11H20N2O3. The lowest BCUT2D eigenvalue weighted by Gasteiger charge is -2.33. The average Bonchev–Trinajstić information content (AvgIpc) is 2.12. The van der Waals surface area contributed by atoms with E-state index in [1.54, 1.807) is 13.8 Å². The maximum absolute atomic E-state index is 11.4. The lowest BCUT2D eigenvalue weighted by Crippen LogP contribution is -2.50. The van der Waals surface area contributed by atoms with Crippen LogP contribution in [0.4, 0.5) is 4.79 Å². The fourth-order valence-corrected chi connectivity index (χ4v) is 1.63. The number of rotatable bonds is 4. The van der Waals surface area contributed by atoms with Crippen LogP contribution in [0.25, 0.3) is 0 Å². The molecule has 1 aliphatic rings. The molecule has 0 saturated heterocycles. The van der Waals surface area contributed by atoms with Crippen molar-refractivity contribution in [3.05, 3.63) is 0 Å². The second-order valence-electron chi connectivity index (χ2n) is 5.29. The van der Waals surface area contributed by atoms with Gasteiger partial charge in [0.2, 0.25) is 0 Å². The third-order valence-electron chi connectivity index (χ3n) is 2.98. The first-order chi connectivity index (χ1) is 7.31. The fourth-order valence-electron chi connectivity index (χ4n) is 1.63. The lowest BCUT2D eigenvalue weighted by atomic mass is 9.82. The zero-order chi connectivity index (χ0) is 12.3. The molecule has 16 heavy (non-hydrogen) atoms. The van der Waals surface area contributed by atoms with E-state index in [1.165, 1.54) is 0 Å². The quantitative estimate of drug-likeness (QED) is 0.676. The third-order valence-corrected chi connectivity index (χ3v) is 2.98. The van der Waals surface area contributed by atoms with Crippen molar-refractivity contribution in [2.24, 2.45) is 11.3 Å². The summed E-state index contributed by atoms with van der Waals surface area (Å²) in [6.07, 6.45) is 2.02. The molecule has 0 aromatic rings. The van der Waals surface area contributed by atoms with Crippen LogP contribution < -0.4 is 10.6 Å². The molecule has 0 unspecified atom stereocenters. The molecule has 1 fully saturated rings. The van der Waals surface area contributed by atoms with Crippen LogP contribution in [0.5, 0.6) is 0 Å². The SMILES string of the molecule is CC1CC(NC(=O)NCC(C)(C)C(=O)O)C1. The van der Waals surface area contributed by atoms with E-state index in [-0.39, 0.29) is 18.6 Å². The van der Waals surface area contributed by atoms with Gasteiger partial charge in [-0.15, -0.1) is 0 Å². The molecule has 0 aromatic carbocycles. The van der Waals surface area contributed by atoms with E-state index >= 15 is 0 Å². The summed E-state index contributed by atoms with van der Waals surface area (Å²) in [4.78, 5) is 22.2. The van der Waals surface area contributed by atoms with Crippen LogP contribution in [0.15, 0.2) is 0 Å². The summed E-state index contributed by atoms with van der Waals surface area (Å²) < 4.78 is 0. The Hall–Kier alpha value is -1.26. The summed E-state index contributed by atoms with van der Waals surface area (Å²) in [6.45, 7) is 5.45. The molecule has 0 heterocycles. The highest BCUT2D eigenvalue weighted by Gasteiger charge is 2.29. The van der Waals surface area contributed by atoms with Crippen molar-refractivity contribution in [1.82, 2.24) is 10.6 Å². The molecule has 0 bridgehead atoms. The number of hydrogen-bond acceptors (Lipinski definition) is 2. The Morgan fingerprint density at radius 3 is 2.38 bits per heavy atom. The molecule has 92 valence electrons. The molecule has 3 N–H and O–H groups in total. The fraction of sp³-hybridized carbons (Fsp3) is 0.818. The molecule has 0 aliphatic heterocycles. The van der Waals surface area contributed by atoms with Crippen molar-refractivity contribution in [3.63, 3.8) is 0 Å². The van der Waals surface area contributed by atoms with Crippen LogP contribution in [-0.4, -0.2) is 29.7 Å². The minimum atomic E-state index is -0.926. The van der Waals surface area contributed by atoms with Crippen LogP contribution in [0.3, 0.4) is 0 Å². The molecule has 2 amide bonds. The number of carboxylic acid groups (broad SMARTS) is 1. The maximum atomic E-state index is 11.4. The van der Waals surface area contributed by atoms with E-state index in [1.807, 2.05) is 0 Å². The van der Waals surface area contributed by atoms with E-state index < -0.39 is 11.4 Å². The van der Waals surface area contributed by atoms with Crippen molar-refractivity contribution in [2.45, 2.75) is 39.7 Å². The van der Waals surface area contributed by atoms with E-state index in [2.05, 4.69) is 17.6 Å². The zero-order valence-corrected chi connectivity index (χ0v) is 10.0. The van der Waals surface area contributed by atoms with Gasteiger partial charge in [0.1, 0.15) is 0 Å². The third kappa shape index (κ3) is 3.40. The van der Waals surface area contributed by atoms with Crippen molar-refractivity contribution in [3.8, 4) is 0 Å². The predicted octanol–water partition coefficient (Wildman–Crippen LogP) is 1.19. The van der Waals surface area contributed by atoms with Gasteiger partial charge < -0.3 is 15.7 Å². The molecule has 0 aromatic heterocycles. The number of aliphatic carboxylic acids is 1. The van der Waals surface area contributed by atoms with Crippen molar-refractivity contribution >= 4 is 12.0 Å². The average molecular weight is 228 g/mol. The number of hydrogen-bond donors (Lipinski definition) is 3. The maximum Gasteiger partial charge on any atom is 0.315 e. The monoisotopic (exact) mass is 228 g/mol. The number of carbonyl (C=O) groups excluding carboxylic acids is 1. The van der Waals surface area contributed by atoms with E-state index in [0.29, 0.717) is 5.92 Å². The van der Waals surface area contributed by atoms with Gasteiger partial charge in [-0.05, 0) is 32.6 Å². The van der Waals surface area contributed by atoms with Gasteiger partial charge in [0.25, 0.3) is 0 Å². The number of amides is 2. The molecule has 0 spiro atoms. The largest absolute Gasteiger partial charge is 0.481 e. The molecule has 1 aliphatic carbocycles. The molecular weight excluding hydrogens is 208 g/mol. The summed E-state index contributed by atoms with van der Waals surface area (Å²) in [7, 11) is 0. The van der Waals surface area contributed by atoms with E-state index in [4.69, 9.17) is 5.11 Å². The van der Waals surface area contributed by atoms with Gasteiger partial charge in [-0.2, -0.15) is 0 Å². The standard InChI is InChI=1S/C11H20N2O3/c1-7-4-8(5-7)13-10(16)12-6-11(2,3)9(14)15/h7-8H,4-6H2,1-3H3,(H,14,15)(H2,12,13,16). The summed E-state index contributed by atoms with van der Waals surface area (Å²) in [5, 5.41) is 14.3. The van der Waals surface area contributed by atoms with Gasteiger partial charge in [-0.1, -0.05) is 6.92 Å². The summed E-state index contributed by atoms with van der Waals surface area (Å²) >= 11 is 0. The van der Waals surface area contributed by atoms with Gasteiger partial charge in [-0.25, -0.2) is 4.79 Å². The van der Waals surface area contributed by atoms with Crippen molar-refractivity contribution < 1.29 is 14.7 Å². The van der Waals surface area contributed by atoms with Crippen LogP contribution in [0.1, 0.15) is 33.6 Å². The van der Waals surface area contributed by atoms with Crippen LogP contribution in [0, 0.1) is 11.3 Å². The molecule has 1 rings (SSSR count). The Bertz CT molecular complexity index is 283. The normalized spacial score (nSPS) is 24.4. The first kappa shape index (κ1) is 12.8. The summed E-state index contributed by atoms with van der Waals surface area (Å²) in [5.74, 6) is -0.231. The van der Waals surface area contributed by atoms with Crippen molar-refractivity contribution in [1.29, 1.82) is 0 Å². The Balaban J connectivity index is 2.22. The van der Waals surface area contributed by atoms with Gasteiger partial charge in [0, 0.05) is 12.6 Å². The Kier molecular flexibility index (Phi) is 3.78. The second-order valence-corrected chi connectivity index (χ2v) is 5.29. The minimum absolute atomic E-state index is 0.135. The number of nitrogens with one attached hydrogen (secondary N) is 2. The summed E-state index contributed by atoms with van der Waals surface area (Å²) in [5.41, 5.74) is -0.926. The molecule has 1 saturated carbocycles. The first-order valence-electron chi connectivity index (χ1n) is 5.59. The first-order valence-corrected chi connectivity index (χ1v) is 5.59. The van der Waals surface area contributed by atoms with Crippen LogP contribution in [0.2, 0.25) is 0 Å². The number of urea groups is 1. The topological polar surface area (TPSA) is 78.4 Å². The minimum Gasteiger partial charge on any atom is -0.481 e. The highest BCUT2D eigenvalue weighted by molar-refractivity contribution is 5.77. The van der Waals surface area contributed by atoms with Crippen molar-refractivity contribution in [2.75, 3.05) is 6.54 Å². The highest BCUT2D eigenvalue weighted by Crippen LogP contribution is 2.26. The van der Waals surface area contributed by atoms with Gasteiger partial charge in [0.05, 0.1) is 5.41 Å². The number of carboxylic acids is 1. The predicted molar refractivity (Wildman–Crippen MR) is 60.1 cm³/mol. The van der Waals surface area contributed by atoms with Crippen LogP contribution in [-0.2, 0) is 4.79 Å². The van der Waals surface area contributed by atoms with Crippen LogP contribution >= 0.6 is 0 Å². The zero-order valence-electron chi connectivity index (χ0n) is 10.0. The highest BCUT2D eigenvalue weighted by atomic mass is 16.4. The smallest absolute Gasteiger partial charge is 0.315 e. The molecule has 0 atom stereocenters. The van der Waals surface area contributed by atoms with Gasteiger partial charge in [-0.3, -0.25) is 4.79 Å². The van der Waals surface area contributed by atoms with E-state index in [0.717, 1.165) is 12.8 Å². The Labute approximate surface area is 95.6 Å². The molecule has 5 heteroatoms. The van der Waals surface area contributed by atoms with E-state index in [9.17, 15) is 9.59 Å².